The second-order valence-electron chi connectivity index (χ2n) is 3.71. The molecule has 1 amide bonds. The third-order valence-corrected chi connectivity index (χ3v) is 3.69. The van der Waals surface area contributed by atoms with Crippen molar-refractivity contribution in [2.45, 2.75) is 5.75 Å². The van der Waals surface area contributed by atoms with Crippen LogP contribution in [-0.2, 0) is 20.4 Å². The number of hydrogen-bond donors (Lipinski definition) is 2. The minimum atomic E-state index is -3.54. The van der Waals surface area contributed by atoms with E-state index in [9.17, 15) is 18.0 Å². The molecule has 0 aromatic heterocycles. The van der Waals surface area contributed by atoms with E-state index in [1.54, 1.807) is 0 Å². The number of rotatable bonds is 5. The minimum Gasteiger partial charge on any atom is -0.478 e. The molecule has 0 bridgehead atoms. The first-order chi connectivity index (χ1) is 8.34. The lowest BCUT2D eigenvalue weighted by Crippen LogP contribution is -2.27. The van der Waals surface area contributed by atoms with Crippen LogP contribution in [0, 0.1) is 0 Å². The molecule has 0 aliphatic rings. The Balaban J connectivity index is 2.78. The molecule has 2 N–H and O–H groups in total. The Hall–Kier alpha value is -1.89. The van der Waals surface area contributed by atoms with Gasteiger partial charge in [-0.15, -0.1) is 0 Å². The van der Waals surface area contributed by atoms with Crippen molar-refractivity contribution in [1.29, 1.82) is 0 Å². The number of carbonyl (C=O) groups is 2. The highest BCUT2D eigenvalue weighted by Gasteiger charge is 2.16. The van der Waals surface area contributed by atoms with E-state index in [-0.39, 0.29) is 11.3 Å². The lowest BCUT2D eigenvalue weighted by molar-refractivity contribution is -0.118. The van der Waals surface area contributed by atoms with Gasteiger partial charge in [0.25, 0.3) is 0 Å². The number of carbonyl (C=O) groups excluding carboxylic acids is 1. The van der Waals surface area contributed by atoms with Gasteiger partial charge >= 0.3 is 5.97 Å². The van der Waals surface area contributed by atoms with Gasteiger partial charge in [-0.3, -0.25) is 4.79 Å². The molecule has 1 aromatic rings. The Morgan fingerprint density at radius 2 is 1.78 bits per heavy atom. The van der Waals surface area contributed by atoms with Crippen LogP contribution in [0.15, 0.2) is 24.3 Å². The summed E-state index contributed by atoms with van der Waals surface area (Å²) in [5.41, 5.74) is 0.534. The largest absolute Gasteiger partial charge is 0.478 e. The molecule has 18 heavy (non-hydrogen) atoms. The zero-order chi connectivity index (χ0) is 13.8. The molecule has 0 atom stereocenters. The molecule has 0 aliphatic heterocycles. The predicted octanol–water partition coefficient (Wildman–Crippen LogP) is 0.0456. The molecule has 1 rings (SSSR count). The average Bonchev–Trinajstić information content (AvgIpc) is 2.28. The van der Waals surface area contributed by atoms with E-state index >= 15 is 0 Å². The SMILES string of the molecule is CNC(=O)CS(=O)(=O)Cc1ccc(C(=O)O)cc1. The lowest BCUT2D eigenvalue weighted by Gasteiger charge is -2.04. The third kappa shape index (κ3) is 4.17. The second-order valence-corrected chi connectivity index (χ2v) is 5.77. The molecule has 98 valence electrons. The molecular weight excluding hydrogens is 258 g/mol. The Kier molecular flexibility index (Phi) is 4.43. The molecule has 0 unspecified atom stereocenters. The number of hydrogen-bond acceptors (Lipinski definition) is 4. The molecule has 0 saturated heterocycles. The third-order valence-electron chi connectivity index (χ3n) is 2.22. The van der Waals surface area contributed by atoms with E-state index in [1.165, 1.54) is 31.3 Å². The van der Waals surface area contributed by atoms with Crippen molar-refractivity contribution in [3.63, 3.8) is 0 Å². The van der Waals surface area contributed by atoms with Gasteiger partial charge in [0.2, 0.25) is 5.91 Å². The standard InChI is InChI=1S/C11H13NO5S/c1-12-10(13)7-18(16,17)6-8-2-4-9(5-3-8)11(14)15/h2-5H,6-7H2,1H3,(H,12,13)(H,14,15). The molecular formula is C11H13NO5S. The van der Waals surface area contributed by atoms with Crippen LogP contribution in [-0.4, -0.2) is 38.2 Å². The van der Waals surface area contributed by atoms with Gasteiger partial charge in [0, 0.05) is 7.05 Å². The maximum atomic E-state index is 11.6. The monoisotopic (exact) mass is 271 g/mol. The summed E-state index contributed by atoms with van der Waals surface area (Å²) < 4.78 is 23.2. The fourth-order valence-electron chi connectivity index (χ4n) is 1.32. The van der Waals surface area contributed by atoms with Crippen LogP contribution in [0.3, 0.4) is 0 Å². The topological polar surface area (TPSA) is 101 Å². The number of carboxylic acid groups (broad SMARTS) is 1. The zero-order valence-corrected chi connectivity index (χ0v) is 10.5. The van der Waals surface area contributed by atoms with Crippen molar-refractivity contribution >= 4 is 21.7 Å². The van der Waals surface area contributed by atoms with Crippen LogP contribution < -0.4 is 5.32 Å². The summed E-state index contributed by atoms with van der Waals surface area (Å²) in [4.78, 5) is 21.6. The van der Waals surface area contributed by atoms with Crippen LogP contribution in [0.4, 0.5) is 0 Å². The summed E-state index contributed by atoms with van der Waals surface area (Å²) in [6, 6.07) is 5.50. The smallest absolute Gasteiger partial charge is 0.335 e. The molecule has 0 saturated carbocycles. The Morgan fingerprint density at radius 3 is 2.22 bits per heavy atom. The highest BCUT2D eigenvalue weighted by molar-refractivity contribution is 7.91. The summed E-state index contributed by atoms with van der Waals surface area (Å²) in [7, 11) is -2.18. The fraction of sp³-hybridized carbons (Fsp3) is 0.273. The normalized spacial score (nSPS) is 10.9. The van der Waals surface area contributed by atoms with Gasteiger partial charge in [-0.05, 0) is 17.7 Å². The van der Waals surface area contributed by atoms with Crippen molar-refractivity contribution in [3.8, 4) is 0 Å². The first-order valence-electron chi connectivity index (χ1n) is 5.07. The molecule has 0 heterocycles. The van der Waals surface area contributed by atoms with Crippen molar-refractivity contribution in [2.24, 2.45) is 0 Å². The number of amides is 1. The molecule has 1 aromatic carbocycles. The number of sulfone groups is 1. The van der Waals surface area contributed by atoms with E-state index in [4.69, 9.17) is 5.11 Å². The Labute approximate surface area is 105 Å². The molecule has 7 heteroatoms. The summed E-state index contributed by atoms with van der Waals surface area (Å²) in [5.74, 6) is -2.52. The molecule has 0 spiro atoms. The Morgan fingerprint density at radius 1 is 1.22 bits per heavy atom. The minimum absolute atomic E-state index is 0.0856. The van der Waals surface area contributed by atoms with Crippen LogP contribution in [0.2, 0.25) is 0 Å². The van der Waals surface area contributed by atoms with Crippen molar-refractivity contribution < 1.29 is 23.1 Å². The maximum Gasteiger partial charge on any atom is 0.335 e. The van der Waals surface area contributed by atoms with Crippen molar-refractivity contribution in [3.05, 3.63) is 35.4 Å². The highest BCUT2D eigenvalue weighted by atomic mass is 32.2. The maximum absolute atomic E-state index is 11.6. The number of aromatic carboxylic acids is 1. The summed E-state index contributed by atoms with van der Waals surface area (Å²) in [5, 5.41) is 10.9. The summed E-state index contributed by atoms with van der Waals surface area (Å²) >= 11 is 0. The van der Waals surface area contributed by atoms with Gasteiger partial charge in [0.1, 0.15) is 5.75 Å². The average molecular weight is 271 g/mol. The molecule has 0 radical (unpaired) electrons. The first-order valence-corrected chi connectivity index (χ1v) is 6.89. The summed E-state index contributed by atoms with van der Waals surface area (Å²) in [6.45, 7) is 0. The highest BCUT2D eigenvalue weighted by Crippen LogP contribution is 2.09. The molecule has 0 aliphatic carbocycles. The van der Waals surface area contributed by atoms with Crippen LogP contribution in [0.5, 0.6) is 0 Å². The van der Waals surface area contributed by atoms with Gasteiger partial charge in [0.05, 0.1) is 11.3 Å². The zero-order valence-electron chi connectivity index (χ0n) is 9.71. The van der Waals surface area contributed by atoms with Crippen molar-refractivity contribution in [1.82, 2.24) is 5.32 Å². The fourth-order valence-corrected chi connectivity index (χ4v) is 2.67. The van der Waals surface area contributed by atoms with Crippen LogP contribution in [0.1, 0.15) is 15.9 Å². The Bertz CT molecular complexity index is 547. The number of benzene rings is 1. The van der Waals surface area contributed by atoms with Gasteiger partial charge in [-0.2, -0.15) is 0 Å². The van der Waals surface area contributed by atoms with Gasteiger partial charge < -0.3 is 10.4 Å². The number of nitrogens with one attached hydrogen (secondary N) is 1. The van der Waals surface area contributed by atoms with E-state index in [0.717, 1.165) is 0 Å². The van der Waals surface area contributed by atoms with Crippen LogP contribution in [0.25, 0.3) is 0 Å². The van der Waals surface area contributed by atoms with E-state index in [0.29, 0.717) is 5.56 Å². The van der Waals surface area contributed by atoms with Gasteiger partial charge in [-0.1, -0.05) is 12.1 Å². The van der Waals surface area contributed by atoms with Gasteiger partial charge in [0.15, 0.2) is 9.84 Å². The molecule has 0 fully saturated rings. The van der Waals surface area contributed by atoms with Gasteiger partial charge in [-0.25, -0.2) is 13.2 Å². The van der Waals surface area contributed by atoms with Crippen LogP contribution >= 0.6 is 0 Å². The predicted molar refractivity (Wildman–Crippen MR) is 65.0 cm³/mol. The quantitative estimate of drug-likeness (QED) is 0.787. The molecule has 6 nitrogen and oxygen atoms in total. The first kappa shape index (κ1) is 14.2. The number of carboxylic acids is 1. The second kappa shape index (κ2) is 5.63. The van der Waals surface area contributed by atoms with E-state index < -0.39 is 27.5 Å². The van der Waals surface area contributed by atoms with E-state index in [1.807, 2.05) is 0 Å². The van der Waals surface area contributed by atoms with E-state index in [2.05, 4.69) is 5.32 Å². The summed E-state index contributed by atoms with van der Waals surface area (Å²) in [6.07, 6.45) is 0. The van der Waals surface area contributed by atoms with Crippen molar-refractivity contribution in [2.75, 3.05) is 12.8 Å². The lowest BCUT2D eigenvalue weighted by atomic mass is 10.1.